The molecule has 0 N–H and O–H groups in total. The van der Waals surface area contributed by atoms with Crippen LogP contribution in [0.1, 0.15) is 26.3 Å². The van der Waals surface area contributed by atoms with Gasteiger partial charge in [0, 0.05) is 10.9 Å². The number of hydrogen-bond acceptors (Lipinski definition) is 1. The second-order valence-corrected chi connectivity index (χ2v) is 15.2. The standard InChI is InChI=1S/C28H31NSi/c1-28(2,3)22-17-15-21(16-18-22)25-19-23(20-11-8-7-9-12-20)27-24(29-25)13-10-14-26(27)30(4,5)6/h7-19H,1-6H3. The van der Waals surface area contributed by atoms with Crippen LogP contribution in [-0.4, -0.2) is 13.1 Å². The fourth-order valence-electron chi connectivity index (χ4n) is 4.05. The van der Waals surface area contributed by atoms with Gasteiger partial charge in [0.15, 0.2) is 0 Å². The molecule has 0 radical (unpaired) electrons. The maximum atomic E-state index is 5.12. The molecule has 2 heteroatoms. The van der Waals surface area contributed by atoms with Gasteiger partial charge in [-0.25, -0.2) is 4.98 Å². The first-order valence-electron chi connectivity index (χ1n) is 10.8. The number of pyridine rings is 1. The van der Waals surface area contributed by atoms with E-state index in [1.807, 2.05) is 0 Å². The first kappa shape index (κ1) is 20.6. The van der Waals surface area contributed by atoms with E-state index in [4.69, 9.17) is 4.98 Å². The summed E-state index contributed by atoms with van der Waals surface area (Å²) in [6.45, 7) is 14.0. The lowest BCUT2D eigenvalue weighted by Gasteiger charge is -2.22. The average molecular weight is 410 g/mol. The van der Waals surface area contributed by atoms with Crippen molar-refractivity contribution in [3.05, 3.63) is 84.4 Å². The molecule has 0 fully saturated rings. The van der Waals surface area contributed by atoms with Gasteiger partial charge >= 0.3 is 0 Å². The van der Waals surface area contributed by atoms with E-state index in [1.165, 1.54) is 32.8 Å². The zero-order chi connectivity index (χ0) is 21.5. The molecule has 4 rings (SSSR count). The maximum Gasteiger partial charge on any atom is 0.0785 e. The maximum absolute atomic E-state index is 5.12. The molecule has 0 bridgehead atoms. The highest BCUT2D eigenvalue weighted by Crippen LogP contribution is 2.33. The van der Waals surface area contributed by atoms with Crippen LogP contribution in [0.15, 0.2) is 78.9 Å². The zero-order valence-corrected chi connectivity index (χ0v) is 20.0. The molecule has 0 aliphatic carbocycles. The van der Waals surface area contributed by atoms with Gasteiger partial charge in [-0.15, -0.1) is 0 Å². The molecule has 0 saturated heterocycles. The molecule has 0 atom stereocenters. The average Bonchev–Trinajstić information content (AvgIpc) is 2.72. The third kappa shape index (κ3) is 3.97. The quantitative estimate of drug-likeness (QED) is 0.321. The van der Waals surface area contributed by atoms with Crippen molar-refractivity contribution in [2.24, 2.45) is 0 Å². The van der Waals surface area contributed by atoms with E-state index < -0.39 is 8.07 Å². The largest absolute Gasteiger partial charge is 0.248 e. The van der Waals surface area contributed by atoms with E-state index in [9.17, 15) is 0 Å². The summed E-state index contributed by atoms with van der Waals surface area (Å²) in [6.07, 6.45) is 0. The third-order valence-corrected chi connectivity index (χ3v) is 7.81. The highest BCUT2D eigenvalue weighted by molar-refractivity contribution is 6.90. The number of fused-ring (bicyclic) bond motifs is 1. The SMILES string of the molecule is CC(C)(C)c1ccc(-c2cc(-c3ccccc3)c3c([Si](C)(C)C)cccc3n2)cc1. The molecule has 152 valence electrons. The third-order valence-electron chi connectivity index (χ3n) is 5.77. The predicted octanol–water partition coefficient (Wildman–Crippen LogP) is 7.41. The smallest absolute Gasteiger partial charge is 0.0785 e. The van der Waals surface area contributed by atoms with Crippen molar-refractivity contribution < 1.29 is 0 Å². The van der Waals surface area contributed by atoms with Crippen molar-refractivity contribution in [1.82, 2.24) is 4.98 Å². The minimum atomic E-state index is -1.53. The Bertz CT molecular complexity index is 1180. The molecular weight excluding hydrogens is 378 g/mol. The molecule has 3 aromatic carbocycles. The Morgan fingerprint density at radius 1 is 0.700 bits per heavy atom. The van der Waals surface area contributed by atoms with Crippen LogP contribution in [0.25, 0.3) is 33.3 Å². The van der Waals surface area contributed by atoms with Crippen LogP contribution in [0.4, 0.5) is 0 Å². The van der Waals surface area contributed by atoms with E-state index >= 15 is 0 Å². The first-order valence-corrected chi connectivity index (χ1v) is 14.3. The lowest BCUT2D eigenvalue weighted by Crippen LogP contribution is -2.38. The molecule has 4 aromatic rings. The number of benzene rings is 3. The van der Waals surface area contributed by atoms with E-state index in [0.29, 0.717) is 0 Å². The summed E-state index contributed by atoms with van der Waals surface area (Å²) in [5.41, 5.74) is 7.32. The second kappa shape index (κ2) is 7.52. The number of nitrogens with zero attached hydrogens (tertiary/aromatic N) is 1. The van der Waals surface area contributed by atoms with Crippen LogP contribution < -0.4 is 5.19 Å². The molecule has 0 aliphatic rings. The lowest BCUT2D eigenvalue weighted by atomic mass is 9.86. The Hall–Kier alpha value is -2.71. The Morgan fingerprint density at radius 2 is 1.37 bits per heavy atom. The van der Waals surface area contributed by atoms with Gasteiger partial charge in [0.2, 0.25) is 0 Å². The molecule has 0 unspecified atom stereocenters. The Balaban J connectivity index is 1.98. The van der Waals surface area contributed by atoms with E-state index in [1.54, 1.807) is 0 Å². The molecule has 1 aromatic heterocycles. The van der Waals surface area contributed by atoms with Gasteiger partial charge in [-0.3, -0.25) is 0 Å². The van der Waals surface area contributed by atoms with Gasteiger partial charge in [0.05, 0.1) is 19.3 Å². The van der Waals surface area contributed by atoms with E-state index in [-0.39, 0.29) is 5.41 Å². The fourth-order valence-corrected chi connectivity index (χ4v) is 5.66. The van der Waals surface area contributed by atoms with Crippen LogP contribution in [-0.2, 0) is 5.41 Å². The predicted molar refractivity (Wildman–Crippen MR) is 134 cm³/mol. The van der Waals surface area contributed by atoms with Gasteiger partial charge in [-0.2, -0.15) is 0 Å². The van der Waals surface area contributed by atoms with Crippen LogP contribution >= 0.6 is 0 Å². The minimum absolute atomic E-state index is 0.150. The topological polar surface area (TPSA) is 12.9 Å². The van der Waals surface area contributed by atoms with Crippen LogP contribution in [0, 0.1) is 0 Å². The van der Waals surface area contributed by atoms with Gasteiger partial charge in [0.25, 0.3) is 0 Å². The Morgan fingerprint density at radius 3 is 1.97 bits per heavy atom. The summed E-state index contributed by atoms with van der Waals surface area (Å²) >= 11 is 0. The van der Waals surface area contributed by atoms with Crippen molar-refractivity contribution in [2.75, 3.05) is 0 Å². The molecule has 1 nitrogen and oxygen atoms in total. The number of hydrogen-bond donors (Lipinski definition) is 0. The van der Waals surface area contributed by atoms with Crippen molar-refractivity contribution in [1.29, 1.82) is 0 Å². The highest BCUT2D eigenvalue weighted by Gasteiger charge is 2.22. The zero-order valence-electron chi connectivity index (χ0n) is 19.0. The lowest BCUT2D eigenvalue weighted by molar-refractivity contribution is 0.590. The second-order valence-electron chi connectivity index (χ2n) is 10.2. The van der Waals surface area contributed by atoms with Crippen molar-refractivity contribution >= 4 is 24.2 Å². The molecule has 0 spiro atoms. The van der Waals surface area contributed by atoms with Gasteiger partial charge in [-0.1, -0.05) is 112 Å². The summed E-state index contributed by atoms with van der Waals surface area (Å²) in [5, 5.41) is 2.79. The Kier molecular flexibility index (Phi) is 5.15. The first-order chi connectivity index (χ1) is 14.1. The van der Waals surface area contributed by atoms with E-state index in [2.05, 4.69) is 119 Å². The number of aromatic nitrogens is 1. The monoisotopic (exact) mass is 409 g/mol. The van der Waals surface area contributed by atoms with Crippen molar-refractivity contribution in [3.63, 3.8) is 0 Å². The highest BCUT2D eigenvalue weighted by atomic mass is 28.3. The summed E-state index contributed by atoms with van der Waals surface area (Å²) in [5.74, 6) is 0. The summed E-state index contributed by atoms with van der Waals surface area (Å²) in [4.78, 5) is 5.12. The van der Waals surface area contributed by atoms with E-state index in [0.717, 1.165) is 11.2 Å². The summed E-state index contributed by atoms with van der Waals surface area (Å²) < 4.78 is 0. The van der Waals surface area contributed by atoms with Gasteiger partial charge in [-0.05, 0) is 34.2 Å². The van der Waals surface area contributed by atoms with Crippen LogP contribution in [0.2, 0.25) is 19.6 Å². The Labute approximate surface area is 181 Å². The van der Waals surface area contributed by atoms with Gasteiger partial charge in [0.1, 0.15) is 0 Å². The molecule has 0 saturated carbocycles. The molecule has 30 heavy (non-hydrogen) atoms. The normalized spacial score (nSPS) is 12.3. The van der Waals surface area contributed by atoms with Gasteiger partial charge < -0.3 is 0 Å². The minimum Gasteiger partial charge on any atom is -0.248 e. The van der Waals surface area contributed by atoms with Crippen molar-refractivity contribution in [3.8, 4) is 22.4 Å². The molecule has 0 aliphatic heterocycles. The van der Waals surface area contributed by atoms with Crippen LogP contribution in [0.5, 0.6) is 0 Å². The molecule has 0 amide bonds. The number of rotatable bonds is 3. The van der Waals surface area contributed by atoms with Crippen molar-refractivity contribution in [2.45, 2.75) is 45.8 Å². The molecule has 1 heterocycles. The molecular formula is C28H31NSi. The van der Waals surface area contributed by atoms with Crippen LogP contribution in [0.3, 0.4) is 0 Å². The fraction of sp³-hybridized carbons (Fsp3) is 0.250. The summed E-state index contributed by atoms with van der Waals surface area (Å²) in [7, 11) is -1.53. The summed E-state index contributed by atoms with van der Waals surface area (Å²) in [6, 6.07) is 28.6.